The number of hydrogen-bond acceptors (Lipinski definition) is 1. The molecule has 0 saturated heterocycles. The zero-order chi connectivity index (χ0) is 17.2. The van der Waals surface area contributed by atoms with E-state index in [2.05, 4.69) is 63.2 Å². The van der Waals surface area contributed by atoms with E-state index in [-0.39, 0.29) is 5.41 Å². The summed E-state index contributed by atoms with van der Waals surface area (Å²) in [6.45, 7) is 14.8. The minimum atomic E-state index is 0.178. The van der Waals surface area contributed by atoms with E-state index in [4.69, 9.17) is 5.73 Å². The van der Waals surface area contributed by atoms with Crippen LogP contribution in [-0.2, 0) is 0 Å². The second-order valence-electron chi connectivity index (χ2n) is 5.88. The van der Waals surface area contributed by atoms with Gasteiger partial charge in [-0.3, -0.25) is 0 Å². The molecule has 0 aliphatic heterocycles. The van der Waals surface area contributed by atoms with Crippen LogP contribution in [-0.4, -0.2) is 0 Å². The Balaban J connectivity index is 0.00000102. The summed E-state index contributed by atoms with van der Waals surface area (Å²) in [4.78, 5) is 0. The highest BCUT2D eigenvalue weighted by Gasteiger charge is 2.27. The van der Waals surface area contributed by atoms with Crippen LogP contribution in [0.25, 0.3) is 0 Å². The first-order valence-corrected chi connectivity index (χ1v) is 8.39. The monoisotopic (exact) mass is 299 g/mol. The molecule has 0 fully saturated rings. The summed E-state index contributed by atoms with van der Waals surface area (Å²) >= 11 is 0. The molecule has 2 aromatic carbocycles. The molecule has 0 heterocycles. The first-order chi connectivity index (χ1) is 10.5. The number of nitrogen functional groups attached to an aromatic ring is 1. The second kappa shape index (κ2) is 10.0. The average Bonchev–Trinajstić information content (AvgIpc) is 2.53. The zero-order valence-corrected chi connectivity index (χ0v) is 15.4. The lowest BCUT2D eigenvalue weighted by atomic mass is 9.72. The van der Waals surface area contributed by atoms with E-state index < -0.39 is 0 Å². The summed E-state index contributed by atoms with van der Waals surface area (Å²) in [7, 11) is 0. The Morgan fingerprint density at radius 1 is 0.682 bits per heavy atom. The van der Waals surface area contributed by atoms with Crippen molar-refractivity contribution in [2.45, 2.75) is 54.4 Å². The second-order valence-corrected chi connectivity index (χ2v) is 5.88. The highest BCUT2D eigenvalue weighted by molar-refractivity contribution is 5.43. The van der Waals surface area contributed by atoms with Crippen molar-refractivity contribution in [1.29, 1.82) is 0 Å². The molecule has 0 radical (unpaired) electrons. The number of hydrogen-bond donors (Lipinski definition) is 1. The van der Waals surface area contributed by atoms with Gasteiger partial charge >= 0.3 is 0 Å². The maximum absolute atomic E-state index is 5.77. The molecule has 22 heavy (non-hydrogen) atoms. The van der Waals surface area contributed by atoms with Gasteiger partial charge in [0.25, 0.3) is 0 Å². The third-order valence-electron chi connectivity index (χ3n) is 3.27. The summed E-state index contributed by atoms with van der Waals surface area (Å²) in [5, 5.41) is 0. The van der Waals surface area contributed by atoms with Gasteiger partial charge in [0.05, 0.1) is 0 Å². The normalized spacial score (nSPS) is 11.4. The van der Waals surface area contributed by atoms with E-state index in [1.807, 2.05) is 39.8 Å². The first kappa shape index (κ1) is 20.2. The van der Waals surface area contributed by atoms with Crippen molar-refractivity contribution in [2.75, 3.05) is 5.73 Å². The Labute approximate surface area is 137 Å². The van der Waals surface area contributed by atoms with Crippen molar-refractivity contribution in [3.8, 4) is 0 Å². The highest BCUT2D eigenvalue weighted by Crippen LogP contribution is 2.40. The summed E-state index contributed by atoms with van der Waals surface area (Å²) in [5.74, 6) is 0.388. The predicted octanol–water partition coefficient (Wildman–Crippen LogP) is 6.50. The molecule has 2 rings (SSSR count). The van der Waals surface area contributed by atoms with Crippen LogP contribution in [0.3, 0.4) is 0 Å². The fourth-order valence-electron chi connectivity index (χ4n) is 2.53. The average molecular weight is 300 g/mol. The lowest BCUT2D eigenvalue weighted by Crippen LogP contribution is -2.19. The molecule has 1 nitrogen and oxygen atoms in total. The SMILES string of the molecule is CC.CC.CC(C)(C)C(c1ccccc1)c1ccc(N)cc1. The van der Waals surface area contributed by atoms with Gasteiger partial charge in [-0.25, -0.2) is 0 Å². The molecule has 1 unspecified atom stereocenters. The van der Waals surface area contributed by atoms with Gasteiger partial charge in [-0.05, 0) is 28.7 Å². The molecule has 2 N–H and O–H groups in total. The lowest BCUT2D eigenvalue weighted by molar-refractivity contribution is 0.358. The summed E-state index contributed by atoms with van der Waals surface area (Å²) in [5.41, 5.74) is 9.45. The largest absolute Gasteiger partial charge is 0.399 e. The quantitative estimate of drug-likeness (QED) is 0.629. The topological polar surface area (TPSA) is 26.0 Å². The van der Waals surface area contributed by atoms with Crippen LogP contribution in [0.5, 0.6) is 0 Å². The van der Waals surface area contributed by atoms with Crippen LogP contribution < -0.4 is 5.73 Å². The predicted molar refractivity (Wildman–Crippen MR) is 101 cm³/mol. The minimum absolute atomic E-state index is 0.178. The smallest absolute Gasteiger partial charge is 0.0314 e. The number of anilines is 1. The maximum atomic E-state index is 5.77. The Morgan fingerprint density at radius 3 is 1.50 bits per heavy atom. The third kappa shape index (κ3) is 5.93. The standard InChI is InChI=1S/C17H21N.2C2H6/c1-17(2,3)16(13-7-5-4-6-8-13)14-9-11-15(18)12-10-14;2*1-2/h4-12,16H,18H2,1-3H3;2*1-2H3. The molecule has 0 bridgehead atoms. The molecular formula is C21H33N. The van der Waals surface area contributed by atoms with Crippen LogP contribution in [0.1, 0.15) is 65.5 Å². The Morgan fingerprint density at radius 2 is 1.09 bits per heavy atom. The molecule has 2 aromatic rings. The van der Waals surface area contributed by atoms with Crippen LogP contribution in [0, 0.1) is 5.41 Å². The van der Waals surface area contributed by atoms with Gasteiger partial charge < -0.3 is 5.73 Å². The minimum Gasteiger partial charge on any atom is -0.399 e. The van der Waals surface area contributed by atoms with Crippen molar-refractivity contribution in [1.82, 2.24) is 0 Å². The summed E-state index contributed by atoms with van der Waals surface area (Å²) in [6, 6.07) is 18.9. The van der Waals surface area contributed by atoms with Crippen LogP contribution in [0.15, 0.2) is 54.6 Å². The van der Waals surface area contributed by atoms with Crippen LogP contribution in [0.4, 0.5) is 5.69 Å². The van der Waals surface area contributed by atoms with E-state index >= 15 is 0 Å². The van der Waals surface area contributed by atoms with Crippen molar-refractivity contribution in [3.63, 3.8) is 0 Å². The number of benzene rings is 2. The maximum Gasteiger partial charge on any atom is 0.0314 e. The Hall–Kier alpha value is -1.76. The van der Waals surface area contributed by atoms with E-state index in [1.54, 1.807) is 0 Å². The third-order valence-corrected chi connectivity index (χ3v) is 3.27. The molecule has 0 aliphatic rings. The molecular weight excluding hydrogens is 266 g/mol. The molecule has 122 valence electrons. The van der Waals surface area contributed by atoms with Gasteiger partial charge in [0.1, 0.15) is 0 Å². The molecule has 1 atom stereocenters. The fraction of sp³-hybridized carbons (Fsp3) is 0.429. The van der Waals surface area contributed by atoms with Gasteiger partial charge in [-0.15, -0.1) is 0 Å². The fourth-order valence-corrected chi connectivity index (χ4v) is 2.53. The van der Waals surface area contributed by atoms with Crippen molar-refractivity contribution in [3.05, 3.63) is 65.7 Å². The summed E-state index contributed by atoms with van der Waals surface area (Å²) in [6.07, 6.45) is 0. The lowest BCUT2D eigenvalue weighted by Gasteiger charge is -2.31. The van der Waals surface area contributed by atoms with Gasteiger partial charge in [-0.1, -0.05) is 90.9 Å². The summed E-state index contributed by atoms with van der Waals surface area (Å²) < 4.78 is 0. The highest BCUT2D eigenvalue weighted by atomic mass is 14.5. The Bertz CT molecular complexity index is 492. The molecule has 0 saturated carbocycles. The number of nitrogens with two attached hydrogens (primary N) is 1. The van der Waals surface area contributed by atoms with Gasteiger partial charge in [0.2, 0.25) is 0 Å². The van der Waals surface area contributed by atoms with Crippen LogP contribution >= 0.6 is 0 Å². The van der Waals surface area contributed by atoms with E-state index in [1.165, 1.54) is 11.1 Å². The molecule has 0 spiro atoms. The molecule has 0 aliphatic carbocycles. The van der Waals surface area contributed by atoms with Gasteiger partial charge in [0, 0.05) is 11.6 Å². The van der Waals surface area contributed by atoms with E-state index in [9.17, 15) is 0 Å². The van der Waals surface area contributed by atoms with E-state index in [0.29, 0.717) is 5.92 Å². The molecule has 0 amide bonds. The number of rotatable bonds is 2. The van der Waals surface area contributed by atoms with Crippen LogP contribution in [0.2, 0.25) is 0 Å². The van der Waals surface area contributed by atoms with E-state index in [0.717, 1.165) is 5.69 Å². The first-order valence-electron chi connectivity index (χ1n) is 8.39. The van der Waals surface area contributed by atoms with Gasteiger partial charge in [-0.2, -0.15) is 0 Å². The van der Waals surface area contributed by atoms with Crippen molar-refractivity contribution < 1.29 is 0 Å². The molecule has 0 aromatic heterocycles. The zero-order valence-electron chi connectivity index (χ0n) is 15.4. The Kier molecular flexibility index (Phi) is 9.24. The van der Waals surface area contributed by atoms with Crippen molar-refractivity contribution >= 4 is 5.69 Å². The van der Waals surface area contributed by atoms with Crippen molar-refractivity contribution in [2.24, 2.45) is 5.41 Å². The van der Waals surface area contributed by atoms with Gasteiger partial charge in [0.15, 0.2) is 0 Å². The molecule has 1 heteroatoms.